The quantitative estimate of drug-likeness (QED) is 0.730. The van der Waals surface area contributed by atoms with Crippen molar-refractivity contribution in [3.63, 3.8) is 0 Å². The topological polar surface area (TPSA) is 53.0 Å². The zero-order valence-corrected chi connectivity index (χ0v) is 17.6. The Labute approximate surface area is 172 Å². The van der Waals surface area contributed by atoms with Crippen LogP contribution in [0.5, 0.6) is 0 Å². The van der Waals surface area contributed by atoms with Crippen LogP contribution in [0.4, 0.5) is 4.39 Å². The van der Waals surface area contributed by atoms with E-state index >= 15 is 0 Å². The lowest BCUT2D eigenvalue weighted by atomic mass is 9.72. The first-order chi connectivity index (χ1) is 13.9. The van der Waals surface area contributed by atoms with E-state index in [2.05, 4.69) is 4.90 Å². The molecule has 0 aromatic rings. The van der Waals surface area contributed by atoms with Gasteiger partial charge in [0.1, 0.15) is 5.83 Å². The van der Waals surface area contributed by atoms with Crippen LogP contribution in [-0.4, -0.2) is 58.9 Å². The first kappa shape index (κ1) is 20.8. The molecule has 0 aromatic heterocycles. The standard InChI is InChI=1S/C23H33FN2O3/c1-3-29-23(28)9-7-19(8-10-23)25-13-11-22(12-14-25)16-26(17(2)27)21-6-4-5-18(24)15-20(21)22/h4,6,15,19,28H,3,5,7-14,16H2,1-2H3. The maximum absolute atomic E-state index is 14.3. The Morgan fingerprint density at radius 1 is 1.28 bits per heavy atom. The number of likely N-dealkylation sites (tertiary alicyclic amines) is 1. The van der Waals surface area contributed by atoms with E-state index in [1.54, 1.807) is 13.0 Å². The minimum Gasteiger partial charge on any atom is -0.365 e. The van der Waals surface area contributed by atoms with Crippen LogP contribution >= 0.6 is 0 Å². The molecule has 0 bridgehead atoms. The van der Waals surface area contributed by atoms with Gasteiger partial charge in [0.15, 0.2) is 5.79 Å². The summed E-state index contributed by atoms with van der Waals surface area (Å²) in [6.07, 6.45) is 10.8. The van der Waals surface area contributed by atoms with Crippen molar-refractivity contribution in [2.24, 2.45) is 5.41 Å². The van der Waals surface area contributed by atoms with E-state index in [1.165, 1.54) is 0 Å². The maximum Gasteiger partial charge on any atom is 0.223 e. The average molecular weight is 405 g/mol. The third kappa shape index (κ3) is 3.94. The van der Waals surface area contributed by atoms with E-state index in [9.17, 15) is 14.3 Å². The van der Waals surface area contributed by atoms with E-state index in [0.717, 1.165) is 50.0 Å². The number of hydrogen-bond donors (Lipinski definition) is 1. The van der Waals surface area contributed by atoms with Gasteiger partial charge in [-0.15, -0.1) is 0 Å². The van der Waals surface area contributed by atoms with Crippen molar-refractivity contribution >= 4 is 5.91 Å². The molecule has 5 nitrogen and oxygen atoms in total. The number of rotatable bonds is 3. The smallest absolute Gasteiger partial charge is 0.223 e. The molecule has 4 rings (SSSR count). The van der Waals surface area contributed by atoms with E-state index in [1.807, 2.05) is 24.0 Å². The number of halogens is 1. The molecule has 1 saturated carbocycles. The van der Waals surface area contributed by atoms with E-state index in [0.29, 0.717) is 38.5 Å². The van der Waals surface area contributed by atoms with Gasteiger partial charge in [-0.25, -0.2) is 4.39 Å². The summed E-state index contributed by atoms with van der Waals surface area (Å²) in [6.45, 7) is 6.60. The molecule has 2 aliphatic heterocycles. The summed E-state index contributed by atoms with van der Waals surface area (Å²) in [6, 6.07) is 0.466. The first-order valence-electron chi connectivity index (χ1n) is 11.0. The van der Waals surface area contributed by atoms with Crippen molar-refractivity contribution in [1.29, 1.82) is 0 Å². The first-order valence-corrected chi connectivity index (χ1v) is 11.0. The molecule has 1 amide bonds. The summed E-state index contributed by atoms with van der Waals surface area (Å²) < 4.78 is 19.8. The third-order valence-electron chi connectivity index (χ3n) is 7.29. The lowest BCUT2D eigenvalue weighted by molar-refractivity contribution is -0.223. The fraction of sp³-hybridized carbons (Fsp3) is 0.696. The molecule has 0 aromatic carbocycles. The van der Waals surface area contributed by atoms with Crippen LogP contribution in [0.2, 0.25) is 0 Å². The number of amides is 1. The van der Waals surface area contributed by atoms with E-state index in [-0.39, 0.29) is 17.1 Å². The van der Waals surface area contributed by atoms with Gasteiger partial charge in [0, 0.05) is 56.5 Å². The fourth-order valence-electron chi connectivity index (χ4n) is 5.65. The second-order valence-corrected chi connectivity index (χ2v) is 9.03. The van der Waals surface area contributed by atoms with Gasteiger partial charge in [-0.3, -0.25) is 4.79 Å². The highest BCUT2D eigenvalue weighted by molar-refractivity contribution is 5.78. The highest BCUT2D eigenvalue weighted by Crippen LogP contribution is 2.49. The summed E-state index contributed by atoms with van der Waals surface area (Å²) in [7, 11) is 0. The molecule has 2 fully saturated rings. The maximum atomic E-state index is 14.3. The van der Waals surface area contributed by atoms with Crippen molar-refractivity contribution in [3.8, 4) is 0 Å². The van der Waals surface area contributed by atoms with Crippen LogP contribution in [0, 0.1) is 5.41 Å². The fourth-order valence-corrected chi connectivity index (χ4v) is 5.65. The van der Waals surface area contributed by atoms with Crippen LogP contribution < -0.4 is 0 Å². The molecule has 2 aliphatic carbocycles. The predicted molar refractivity (Wildman–Crippen MR) is 109 cm³/mol. The number of carbonyl (C=O) groups excluding carboxylic acids is 1. The Morgan fingerprint density at radius 2 is 1.97 bits per heavy atom. The number of hydrogen-bond acceptors (Lipinski definition) is 4. The number of carbonyl (C=O) groups is 1. The molecule has 6 heteroatoms. The molecule has 0 atom stereocenters. The Balaban J connectivity index is 1.46. The molecule has 1 saturated heterocycles. The van der Waals surface area contributed by atoms with Crippen LogP contribution in [0.25, 0.3) is 0 Å². The van der Waals surface area contributed by atoms with Gasteiger partial charge in [-0.1, -0.05) is 6.08 Å². The van der Waals surface area contributed by atoms with Crippen molar-refractivity contribution in [2.45, 2.75) is 70.6 Å². The highest BCUT2D eigenvalue weighted by Gasteiger charge is 2.47. The van der Waals surface area contributed by atoms with Gasteiger partial charge in [-0.2, -0.15) is 0 Å². The summed E-state index contributed by atoms with van der Waals surface area (Å²) in [5.41, 5.74) is 1.75. The molecule has 4 aliphatic rings. The second-order valence-electron chi connectivity index (χ2n) is 9.03. The highest BCUT2D eigenvalue weighted by atomic mass is 19.1. The number of nitrogens with zero attached hydrogens (tertiary/aromatic N) is 2. The summed E-state index contributed by atoms with van der Waals surface area (Å²) >= 11 is 0. The Bertz CT molecular complexity index is 741. The normalized spacial score (nSPS) is 32.3. The summed E-state index contributed by atoms with van der Waals surface area (Å²) in [5, 5.41) is 10.5. The zero-order chi connectivity index (χ0) is 20.6. The minimum atomic E-state index is -0.954. The van der Waals surface area contributed by atoms with Crippen molar-refractivity contribution in [3.05, 3.63) is 35.3 Å². The number of fused-ring (bicyclic) bond motifs is 1. The molecule has 29 heavy (non-hydrogen) atoms. The summed E-state index contributed by atoms with van der Waals surface area (Å²) in [4.78, 5) is 16.6. The Kier molecular flexibility index (Phi) is 5.70. The SMILES string of the molecule is CCOC1(O)CCC(N2CCC3(CC2)CN(C(C)=O)C2=C3C=C(F)CC=C2)CC1. The number of piperidine rings is 1. The largest absolute Gasteiger partial charge is 0.365 e. The Hall–Kier alpha value is -1.50. The van der Waals surface area contributed by atoms with Gasteiger partial charge in [0.25, 0.3) is 0 Å². The number of allylic oxidation sites excluding steroid dienone is 4. The number of ether oxygens (including phenoxy) is 1. The van der Waals surface area contributed by atoms with Crippen LogP contribution in [0.15, 0.2) is 35.3 Å². The molecule has 1 N–H and O–H groups in total. The monoisotopic (exact) mass is 404 g/mol. The van der Waals surface area contributed by atoms with Crippen molar-refractivity contribution < 1.29 is 19.0 Å². The lowest BCUT2D eigenvalue weighted by Gasteiger charge is -2.46. The average Bonchev–Trinajstić information content (AvgIpc) is 2.84. The van der Waals surface area contributed by atoms with Gasteiger partial charge in [0.2, 0.25) is 5.91 Å². The third-order valence-corrected chi connectivity index (χ3v) is 7.29. The summed E-state index contributed by atoms with van der Waals surface area (Å²) in [5.74, 6) is -1.05. The van der Waals surface area contributed by atoms with Crippen LogP contribution in [0.3, 0.4) is 0 Å². The lowest BCUT2D eigenvalue weighted by Crippen LogP contribution is -2.50. The molecular weight excluding hydrogens is 371 g/mol. The molecule has 0 unspecified atom stereocenters. The van der Waals surface area contributed by atoms with E-state index < -0.39 is 5.79 Å². The molecule has 1 spiro atoms. The Morgan fingerprint density at radius 3 is 2.59 bits per heavy atom. The van der Waals surface area contributed by atoms with Crippen LogP contribution in [-0.2, 0) is 9.53 Å². The minimum absolute atomic E-state index is 0.0275. The van der Waals surface area contributed by atoms with Gasteiger partial charge in [0.05, 0.1) is 0 Å². The van der Waals surface area contributed by atoms with Gasteiger partial charge >= 0.3 is 0 Å². The molecular formula is C23H33FN2O3. The zero-order valence-electron chi connectivity index (χ0n) is 17.6. The molecule has 2 heterocycles. The molecule has 160 valence electrons. The molecule has 0 radical (unpaired) electrons. The van der Waals surface area contributed by atoms with E-state index in [4.69, 9.17) is 4.74 Å². The predicted octanol–water partition coefficient (Wildman–Crippen LogP) is 3.67. The van der Waals surface area contributed by atoms with Gasteiger partial charge < -0.3 is 19.6 Å². The van der Waals surface area contributed by atoms with Crippen molar-refractivity contribution in [2.75, 3.05) is 26.2 Å². The van der Waals surface area contributed by atoms with Crippen molar-refractivity contribution in [1.82, 2.24) is 9.80 Å². The number of aliphatic hydroxyl groups is 1. The second kappa shape index (κ2) is 7.97. The van der Waals surface area contributed by atoms with Gasteiger partial charge in [-0.05, 0) is 63.4 Å². The van der Waals surface area contributed by atoms with Crippen LogP contribution in [0.1, 0.15) is 58.8 Å².